The zero-order valence-corrected chi connectivity index (χ0v) is 9.83. The number of aromatic nitrogens is 2. The van der Waals surface area contributed by atoms with Crippen LogP contribution >= 0.6 is 0 Å². The van der Waals surface area contributed by atoms with Crippen LogP contribution in [-0.2, 0) is 6.42 Å². The lowest BCUT2D eigenvalue weighted by Crippen LogP contribution is -1.93. The summed E-state index contributed by atoms with van der Waals surface area (Å²) in [6.07, 6.45) is 2.95. The predicted octanol–water partition coefficient (Wildman–Crippen LogP) is 3.14. The van der Waals surface area contributed by atoms with Crippen LogP contribution in [0.5, 0.6) is 0 Å². The zero-order valence-electron chi connectivity index (χ0n) is 9.83. The van der Waals surface area contributed by atoms with Gasteiger partial charge in [0.2, 0.25) is 0 Å². The van der Waals surface area contributed by atoms with Gasteiger partial charge >= 0.3 is 0 Å². The molecule has 4 heteroatoms. The number of anilines is 1. The Kier molecular flexibility index (Phi) is 3.42. The van der Waals surface area contributed by atoms with Gasteiger partial charge in [0, 0.05) is 16.8 Å². The van der Waals surface area contributed by atoms with Gasteiger partial charge in [0.25, 0.3) is 0 Å². The highest BCUT2D eigenvalue weighted by Crippen LogP contribution is 2.30. The van der Waals surface area contributed by atoms with Crippen LogP contribution in [0.25, 0.3) is 11.1 Å². The van der Waals surface area contributed by atoms with E-state index in [9.17, 15) is 4.39 Å². The van der Waals surface area contributed by atoms with Crippen molar-refractivity contribution >= 4 is 5.82 Å². The molecule has 1 heterocycles. The molecule has 0 saturated carbocycles. The van der Waals surface area contributed by atoms with Gasteiger partial charge in [-0.25, -0.2) is 4.39 Å². The first-order chi connectivity index (χ1) is 8.24. The van der Waals surface area contributed by atoms with E-state index < -0.39 is 0 Å². The van der Waals surface area contributed by atoms with Crippen LogP contribution in [0.1, 0.15) is 25.5 Å². The molecule has 0 saturated heterocycles. The molecule has 2 rings (SSSR count). The highest BCUT2D eigenvalue weighted by atomic mass is 19.1. The van der Waals surface area contributed by atoms with Crippen molar-refractivity contribution in [2.75, 3.05) is 5.73 Å². The van der Waals surface area contributed by atoms with E-state index in [-0.39, 0.29) is 5.82 Å². The molecule has 0 unspecified atom stereocenters. The second-order valence-corrected chi connectivity index (χ2v) is 4.05. The summed E-state index contributed by atoms with van der Waals surface area (Å²) in [5, 5.41) is 6.87. The first kappa shape index (κ1) is 11.6. The fraction of sp³-hybridized carbons (Fsp3) is 0.308. The maximum absolute atomic E-state index is 13.7. The van der Waals surface area contributed by atoms with E-state index in [1.165, 1.54) is 6.07 Å². The largest absolute Gasteiger partial charge is 0.382 e. The van der Waals surface area contributed by atoms with Gasteiger partial charge in [-0.05, 0) is 18.9 Å². The number of aromatic amines is 1. The van der Waals surface area contributed by atoms with E-state index in [4.69, 9.17) is 5.73 Å². The summed E-state index contributed by atoms with van der Waals surface area (Å²) in [7, 11) is 0. The Morgan fingerprint density at radius 1 is 1.35 bits per heavy atom. The lowest BCUT2D eigenvalue weighted by molar-refractivity contribution is 0.631. The number of hydrogen-bond acceptors (Lipinski definition) is 2. The molecule has 0 aliphatic rings. The minimum Gasteiger partial charge on any atom is -0.382 e. The van der Waals surface area contributed by atoms with Gasteiger partial charge in [0.1, 0.15) is 5.82 Å². The van der Waals surface area contributed by atoms with Gasteiger partial charge in [0.15, 0.2) is 5.82 Å². The zero-order chi connectivity index (χ0) is 12.3. The summed E-state index contributed by atoms with van der Waals surface area (Å²) in [5.41, 5.74) is 7.94. The first-order valence-electron chi connectivity index (χ1n) is 5.81. The van der Waals surface area contributed by atoms with Gasteiger partial charge in [-0.1, -0.05) is 31.5 Å². The average molecular weight is 233 g/mol. The van der Waals surface area contributed by atoms with Crippen molar-refractivity contribution in [1.82, 2.24) is 10.2 Å². The predicted molar refractivity (Wildman–Crippen MR) is 67.0 cm³/mol. The number of aryl methyl sites for hydroxylation is 1. The number of H-pyrrole nitrogens is 1. The van der Waals surface area contributed by atoms with Crippen molar-refractivity contribution in [1.29, 1.82) is 0 Å². The summed E-state index contributed by atoms with van der Waals surface area (Å²) in [6.45, 7) is 2.11. The second-order valence-electron chi connectivity index (χ2n) is 4.05. The van der Waals surface area contributed by atoms with E-state index in [0.717, 1.165) is 25.0 Å². The van der Waals surface area contributed by atoms with Gasteiger partial charge < -0.3 is 5.73 Å². The fourth-order valence-electron chi connectivity index (χ4n) is 1.89. The molecular formula is C13H16FN3. The SMILES string of the molecule is CCCCc1[nH]nc(N)c1-c1ccccc1F. The third-order valence-corrected chi connectivity index (χ3v) is 2.79. The number of nitrogen functional groups attached to an aromatic ring is 1. The molecule has 1 aromatic carbocycles. The van der Waals surface area contributed by atoms with Crippen LogP contribution in [0, 0.1) is 5.82 Å². The summed E-state index contributed by atoms with van der Waals surface area (Å²) < 4.78 is 13.7. The van der Waals surface area contributed by atoms with Crippen molar-refractivity contribution in [3.63, 3.8) is 0 Å². The molecule has 0 aliphatic heterocycles. The molecule has 0 spiro atoms. The summed E-state index contributed by atoms with van der Waals surface area (Å²) in [5.74, 6) is 0.0968. The molecule has 2 aromatic rings. The number of halogens is 1. The van der Waals surface area contributed by atoms with E-state index in [1.807, 2.05) is 0 Å². The normalized spacial score (nSPS) is 10.7. The third kappa shape index (κ3) is 2.30. The van der Waals surface area contributed by atoms with E-state index in [2.05, 4.69) is 17.1 Å². The van der Waals surface area contributed by atoms with Crippen molar-refractivity contribution in [2.45, 2.75) is 26.2 Å². The maximum atomic E-state index is 13.7. The van der Waals surface area contributed by atoms with Gasteiger partial charge in [0.05, 0.1) is 0 Å². The van der Waals surface area contributed by atoms with E-state index in [0.29, 0.717) is 16.9 Å². The number of nitrogens with zero attached hydrogens (tertiary/aromatic N) is 1. The number of nitrogens with one attached hydrogen (secondary N) is 1. The maximum Gasteiger partial charge on any atom is 0.153 e. The number of hydrogen-bond donors (Lipinski definition) is 2. The van der Waals surface area contributed by atoms with Crippen LogP contribution in [-0.4, -0.2) is 10.2 Å². The van der Waals surface area contributed by atoms with E-state index >= 15 is 0 Å². The lowest BCUT2D eigenvalue weighted by Gasteiger charge is -2.05. The number of nitrogens with two attached hydrogens (primary N) is 1. The highest BCUT2D eigenvalue weighted by molar-refractivity contribution is 5.76. The molecule has 3 nitrogen and oxygen atoms in total. The van der Waals surface area contributed by atoms with Crippen LogP contribution in [0.15, 0.2) is 24.3 Å². The van der Waals surface area contributed by atoms with Crippen molar-refractivity contribution < 1.29 is 4.39 Å². The molecule has 0 fully saturated rings. The monoisotopic (exact) mass is 233 g/mol. The molecule has 0 bridgehead atoms. The Labute approximate surface area is 99.9 Å². The lowest BCUT2D eigenvalue weighted by atomic mass is 10.0. The molecule has 0 radical (unpaired) electrons. The van der Waals surface area contributed by atoms with Crippen LogP contribution < -0.4 is 5.73 Å². The molecule has 0 aliphatic carbocycles. The Morgan fingerprint density at radius 2 is 2.12 bits per heavy atom. The Bertz CT molecular complexity index is 505. The van der Waals surface area contributed by atoms with Crippen LogP contribution in [0.4, 0.5) is 10.2 Å². The molecule has 3 N–H and O–H groups in total. The third-order valence-electron chi connectivity index (χ3n) is 2.79. The standard InChI is InChI=1S/C13H16FN3/c1-2-3-8-11-12(13(15)17-16-11)9-6-4-5-7-10(9)14/h4-7H,2-3,8H2,1H3,(H3,15,16,17). The van der Waals surface area contributed by atoms with Crippen LogP contribution in [0.2, 0.25) is 0 Å². The van der Waals surface area contributed by atoms with Gasteiger partial charge in [-0.3, -0.25) is 5.10 Å². The van der Waals surface area contributed by atoms with E-state index in [1.54, 1.807) is 18.2 Å². The molecular weight excluding hydrogens is 217 g/mol. The molecule has 0 atom stereocenters. The summed E-state index contributed by atoms with van der Waals surface area (Å²) in [6, 6.07) is 6.63. The molecule has 1 aromatic heterocycles. The minimum absolute atomic E-state index is 0.265. The minimum atomic E-state index is -0.265. The van der Waals surface area contributed by atoms with Crippen LogP contribution in [0.3, 0.4) is 0 Å². The fourth-order valence-corrected chi connectivity index (χ4v) is 1.89. The molecule has 90 valence electrons. The topological polar surface area (TPSA) is 54.7 Å². The molecule has 0 amide bonds. The van der Waals surface area contributed by atoms with Crippen molar-refractivity contribution in [2.24, 2.45) is 0 Å². The molecule has 17 heavy (non-hydrogen) atoms. The van der Waals surface area contributed by atoms with Crippen molar-refractivity contribution in [3.05, 3.63) is 35.8 Å². The quantitative estimate of drug-likeness (QED) is 0.852. The first-order valence-corrected chi connectivity index (χ1v) is 5.81. The summed E-state index contributed by atoms with van der Waals surface area (Å²) in [4.78, 5) is 0. The van der Waals surface area contributed by atoms with Crippen molar-refractivity contribution in [3.8, 4) is 11.1 Å². The Balaban J connectivity index is 2.44. The Hall–Kier alpha value is -1.84. The number of benzene rings is 1. The number of unbranched alkanes of at least 4 members (excludes halogenated alkanes) is 1. The Morgan fingerprint density at radius 3 is 2.82 bits per heavy atom. The number of rotatable bonds is 4. The van der Waals surface area contributed by atoms with Gasteiger partial charge in [-0.15, -0.1) is 0 Å². The highest BCUT2D eigenvalue weighted by Gasteiger charge is 2.15. The second kappa shape index (κ2) is 4.99. The average Bonchev–Trinajstić information content (AvgIpc) is 2.69. The summed E-state index contributed by atoms with van der Waals surface area (Å²) >= 11 is 0. The smallest absolute Gasteiger partial charge is 0.153 e. The van der Waals surface area contributed by atoms with Gasteiger partial charge in [-0.2, -0.15) is 5.10 Å².